The quantitative estimate of drug-likeness (QED) is 0.756. The van der Waals surface area contributed by atoms with Crippen LogP contribution in [0.2, 0.25) is 0 Å². The maximum atomic E-state index is 5.25. The van der Waals surface area contributed by atoms with Crippen molar-refractivity contribution in [3.63, 3.8) is 0 Å². The first-order valence-corrected chi connectivity index (χ1v) is 6.50. The Kier molecular flexibility index (Phi) is 3.30. The summed E-state index contributed by atoms with van der Waals surface area (Å²) in [5, 5.41) is 0. The molecule has 2 saturated heterocycles. The van der Waals surface area contributed by atoms with Gasteiger partial charge in [-0.15, -0.1) is 0 Å². The Morgan fingerprint density at radius 2 is 1.72 bits per heavy atom. The summed E-state index contributed by atoms with van der Waals surface area (Å²) in [6, 6.07) is 8.97. The van der Waals surface area contributed by atoms with Crippen LogP contribution in [0.15, 0.2) is 29.3 Å². The second-order valence-electron chi connectivity index (χ2n) is 4.89. The number of anilines is 1. The van der Waals surface area contributed by atoms with Crippen LogP contribution in [0.25, 0.3) is 0 Å². The number of nitrogens with zero attached hydrogens (tertiary/aromatic N) is 3. The van der Waals surface area contributed by atoms with Crippen molar-refractivity contribution in [2.45, 2.75) is 6.04 Å². The molecule has 1 aromatic carbocycles. The smallest absolute Gasteiger partial charge is 0.0645 e. The van der Waals surface area contributed by atoms with Crippen LogP contribution in [0.4, 0.5) is 11.4 Å². The zero-order chi connectivity index (χ0) is 12.4. The van der Waals surface area contributed by atoms with E-state index in [2.05, 4.69) is 33.6 Å². The van der Waals surface area contributed by atoms with Crippen LogP contribution in [0.1, 0.15) is 0 Å². The molecule has 2 heterocycles. The standard InChI is InChI=1S/C14H19N3O/c1-15-12-2-4-13(5-3-12)16-6-8-17(9-7-16)14-10-18-11-14/h2-5,14H,1,6-11H2. The Morgan fingerprint density at radius 3 is 2.22 bits per heavy atom. The van der Waals surface area contributed by atoms with Gasteiger partial charge in [-0.05, 0) is 31.0 Å². The molecular weight excluding hydrogens is 226 g/mol. The maximum Gasteiger partial charge on any atom is 0.0645 e. The summed E-state index contributed by atoms with van der Waals surface area (Å²) in [4.78, 5) is 8.89. The van der Waals surface area contributed by atoms with Crippen LogP contribution < -0.4 is 4.90 Å². The van der Waals surface area contributed by atoms with Gasteiger partial charge in [0.15, 0.2) is 0 Å². The molecule has 4 heteroatoms. The van der Waals surface area contributed by atoms with Gasteiger partial charge in [-0.1, -0.05) is 0 Å². The Labute approximate surface area is 108 Å². The molecule has 0 radical (unpaired) electrons. The normalized spacial score (nSPS) is 21.7. The van der Waals surface area contributed by atoms with Gasteiger partial charge in [0.2, 0.25) is 0 Å². The summed E-state index contributed by atoms with van der Waals surface area (Å²) in [5.74, 6) is 0. The molecule has 0 aromatic heterocycles. The Hall–Kier alpha value is -1.39. The van der Waals surface area contributed by atoms with Crippen molar-refractivity contribution in [3.05, 3.63) is 24.3 Å². The molecule has 0 aliphatic carbocycles. The molecule has 0 unspecified atom stereocenters. The van der Waals surface area contributed by atoms with Crippen LogP contribution >= 0.6 is 0 Å². The second-order valence-corrected chi connectivity index (χ2v) is 4.89. The molecule has 3 rings (SSSR count). The third-order valence-corrected chi connectivity index (χ3v) is 3.85. The molecule has 2 aliphatic heterocycles. The number of rotatable bonds is 3. The largest absolute Gasteiger partial charge is 0.378 e. The molecule has 4 nitrogen and oxygen atoms in total. The van der Waals surface area contributed by atoms with E-state index in [1.54, 1.807) is 0 Å². The van der Waals surface area contributed by atoms with Gasteiger partial charge in [-0.3, -0.25) is 9.89 Å². The van der Waals surface area contributed by atoms with Crippen LogP contribution in [0, 0.1) is 0 Å². The topological polar surface area (TPSA) is 28.1 Å². The zero-order valence-electron chi connectivity index (χ0n) is 10.6. The van der Waals surface area contributed by atoms with Gasteiger partial charge in [0.1, 0.15) is 0 Å². The third kappa shape index (κ3) is 2.26. The fourth-order valence-electron chi connectivity index (χ4n) is 2.55. The molecule has 0 spiro atoms. The van der Waals surface area contributed by atoms with Crippen molar-refractivity contribution in [3.8, 4) is 0 Å². The lowest BCUT2D eigenvalue weighted by Crippen LogP contribution is -2.56. The molecule has 0 atom stereocenters. The number of aliphatic imine (C=N–C) groups is 1. The minimum Gasteiger partial charge on any atom is -0.378 e. The van der Waals surface area contributed by atoms with E-state index in [0.717, 1.165) is 45.1 Å². The van der Waals surface area contributed by atoms with E-state index >= 15 is 0 Å². The van der Waals surface area contributed by atoms with E-state index < -0.39 is 0 Å². The molecule has 2 aliphatic rings. The monoisotopic (exact) mass is 245 g/mol. The van der Waals surface area contributed by atoms with Crippen LogP contribution in [-0.4, -0.2) is 57.1 Å². The van der Waals surface area contributed by atoms with E-state index in [0.29, 0.717) is 6.04 Å². The Morgan fingerprint density at radius 1 is 1.06 bits per heavy atom. The van der Waals surface area contributed by atoms with Crippen molar-refractivity contribution < 1.29 is 4.74 Å². The van der Waals surface area contributed by atoms with Crippen LogP contribution in [-0.2, 0) is 4.74 Å². The van der Waals surface area contributed by atoms with Gasteiger partial charge in [0.25, 0.3) is 0 Å². The van der Waals surface area contributed by atoms with Gasteiger partial charge >= 0.3 is 0 Å². The molecule has 96 valence electrons. The van der Waals surface area contributed by atoms with Crippen molar-refractivity contribution in [2.24, 2.45) is 4.99 Å². The lowest BCUT2D eigenvalue weighted by Gasteiger charge is -2.43. The van der Waals surface area contributed by atoms with Gasteiger partial charge in [-0.25, -0.2) is 0 Å². The van der Waals surface area contributed by atoms with Gasteiger partial charge in [0.05, 0.1) is 24.9 Å². The fourth-order valence-corrected chi connectivity index (χ4v) is 2.55. The minimum absolute atomic E-state index is 0.666. The Bertz CT molecular complexity index is 406. The highest BCUT2D eigenvalue weighted by atomic mass is 16.5. The third-order valence-electron chi connectivity index (χ3n) is 3.85. The molecule has 0 bridgehead atoms. The second kappa shape index (κ2) is 5.08. The summed E-state index contributed by atoms with van der Waals surface area (Å²) in [5.41, 5.74) is 2.22. The summed E-state index contributed by atoms with van der Waals surface area (Å²) in [6.07, 6.45) is 0. The number of ether oxygens (including phenoxy) is 1. The van der Waals surface area contributed by atoms with E-state index in [9.17, 15) is 0 Å². The Balaban J connectivity index is 1.59. The molecule has 1 aromatic rings. The first kappa shape index (κ1) is 11.7. The van der Waals surface area contributed by atoms with E-state index in [4.69, 9.17) is 4.74 Å². The SMILES string of the molecule is C=Nc1ccc(N2CCN(C3COC3)CC2)cc1. The predicted molar refractivity (Wildman–Crippen MR) is 74.0 cm³/mol. The van der Waals surface area contributed by atoms with E-state index in [-0.39, 0.29) is 0 Å². The highest BCUT2D eigenvalue weighted by Gasteiger charge is 2.28. The summed E-state index contributed by atoms with van der Waals surface area (Å²) in [7, 11) is 0. The van der Waals surface area contributed by atoms with Gasteiger partial charge in [0, 0.05) is 31.9 Å². The lowest BCUT2D eigenvalue weighted by molar-refractivity contribution is -0.0660. The van der Waals surface area contributed by atoms with Gasteiger partial charge < -0.3 is 9.64 Å². The molecule has 18 heavy (non-hydrogen) atoms. The van der Waals surface area contributed by atoms with Crippen LogP contribution in [0.3, 0.4) is 0 Å². The van der Waals surface area contributed by atoms with Crippen molar-refractivity contribution >= 4 is 18.1 Å². The minimum atomic E-state index is 0.666. The number of hydrogen-bond donors (Lipinski definition) is 0. The van der Waals surface area contributed by atoms with Crippen molar-refractivity contribution in [2.75, 3.05) is 44.3 Å². The molecule has 0 saturated carbocycles. The summed E-state index contributed by atoms with van der Waals surface area (Å²) in [6.45, 7) is 9.83. The fraction of sp³-hybridized carbons (Fsp3) is 0.500. The van der Waals surface area contributed by atoms with Crippen LogP contribution in [0.5, 0.6) is 0 Å². The summed E-state index contributed by atoms with van der Waals surface area (Å²) >= 11 is 0. The number of benzene rings is 1. The highest BCUT2D eigenvalue weighted by molar-refractivity contribution is 5.55. The average Bonchev–Trinajstić information content (AvgIpc) is 2.38. The molecular formula is C14H19N3O. The lowest BCUT2D eigenvalue weighted by atomic mass is 10.1. The molecule has 0 N–H and O–H groups in total. The first-order valence-electron chi connectivity index (χ1n) is 6.50. The molecule has 2 fully saturated rings. The van der Waals surface area contributed by atoms with E-state index in [1.807, 2.05) is 12.1 Å². The number of hydrogen-bond acceptors (Lipinski definition) is 4. The summed E-state index contributed by atoms with van der Waals surface area (Å²) < 4.78 is 5.25. The maximum absolute atomic E-state index is 5.25. The molecule has 0 amide bonds. The first-order chi connectivity index (χ1) is 8.86. The van der Waals surface area contributed by atoms with Crippen molar-refractivity contribution in [1.82, 2.24) is 4.90 Å². The predicted octanol–water partition coefficient (Wildman–Crippen LogP) is 1.54. The zero-order valence-corrected chi connectivity index (χ0v) is 10.6. The van der Waals surface area contributed by atoms with Crippen molar-refractivity contribution in [1.29, 1.82) is 0 Å². The highest BCUT2D eigenvalue weighted by Crippen LogP contribution is 2.22. The average molecular weight is 245 g/mol. The van der Waals surface area contributed by atoms with Gasteiger partial charge in [-0.2, -0.15) is 0 Å². The van der Waals surface area contributed by atoms with E-state index in [1.165, 1.54) is 5.69 Å². The number of piperazine rings is 1.